The van der Waals surface area contributed by atoms with Crippen LogP contribution in [0.4, 0.5) is 11.4 Å². The van der Waals surface area contributed by atoms with Crippen LogP contribution in [0.2, 0.25) is 0 Å². The van der Waals surface area contributed by atoms with E-state index in [1.54, 1.807) is 0 Å². The van der Waals surface area contributed by atoms with Gasteiger partial charge in [-0.1, -0.05) is 60.7 Å². The Kier molecular flexibility index (Phi) is 11.0. The number of nitrogens with zero attached hydrogens (tertiary/aromatic N) is 4. The van der Waals surface area contributed by atoms with Crippen molar-refractivity contribution in [3.8, 4) is 11.1 Å². The van der Waals surface area contributed by atoms with Gasteiger partial charge in [0.25, 0.3) is 0 Å². The van der Waals surface area contributed by atoms with E-state index < -0.39 is 0 Å². The van der Waals surface area contributed by atoms with Crippen LogP contribution in [0.5, 0.6) is 0 Å². The van der Waals surface area contributed by atoms with Crippen molar-refractivity contribution in [3.63, 3.8) is 0 Å². The zero-order valence-corrected chi connectivity index (χ0v) is 22.0. The van der Waals surface area contributed by atoms with Crippen molar-refractivity contribution in [1.82, 2.24) is 9.80 Å². The smallest absolute Gasteiger partial charge is 1.00 e. The van der Waals surface area contributed by atoms with Gasteiger partial charge in [-0.05, 0) is 33.7 Å². The molecule has 0 atom stereocenters. The van der Waals surface area contributed by atoms with Gasteiger partial charge >= 0.3 is 20.4 Å². The summed E-state index contributed by atoms with van der Waals surface area (Å²) in [4.78, 5) is 13.5. The summed E-state index contributed by atoms with van der Waals surface area (Å²) in [7, 11) is 7.92. The Morgan fingerprint density at radius 1 is 0.545 bits per heavy atom. The molecule has 0 aliphatic rings. The fourth-order valence-corrected chi connectivity index (χ4v) is 3.62. The molecule has 0 unspecified atom stereocenters. The molecule has 0 aromatic heterocycles. The van der Waals surface area contributed by atoms with E-state index in [2.05, 4.69) is 72.8 Å². The van der Waals surface area contributed by atoms with Crippen molar-refractivity contribution in [3.05, 3.63) is 72.8 Å². The third-order valence-electron chi connectivity index (χ3n) is 4.92. The quantitative estimate of drug-likeness (QED) is 0.194. The normalized spacial score (nSPS) is 10.7. The van der Waals surface area contributed by atoms with Crippen LogP contribution in [-0.2, 0) is 20.4 Å². The first-order valence-electron chi connectivity index (χ1n) is 9.99. The van der Waals surface area contributed by atoms with Gasteiger partial charge in [0, 0.05) is 39.3 Å². The molecule has 0 heterocycles. The molecule has 0 spiro atoms. The summed E-state index contributed by atoms with van der Waals surface area (Å²) in [6, 6.07) is 25.4. The average molecular weight is 572 g/mol. The molecule has 4 rings (SSSR count). The summed E-state index contributed by atoms with van der Waals surface area (Å²) in [5, 5.41) is 4.71. The SMILES string of the molecule is CN(C)C=Nc1ccc2ccccc2c1-c1c(N=CN(C)C)ccc2ccccc12.[Cl-].[Cl-].[Pd+2]. The Morgan fingerprint density at radius 3 is 1.27 bits per heavy atom. The van der Waals surface area contributed by atoms with E-state index in [9.17, 15) is 0 Å². The first kappa shape index (κ1) is 28.6. The molecule has 33 heavy (non-hydrogen) atoms. The van der Waals surface area contributed by atoms with Gasteiger partial charge in [-0.3, -0.25) is 0 Å². The molecular weight excluding hydrogens is 546 g/mol. The minimum atomic E-state index is 0. The van der Waals surface area contributed by atoms with Crippen LogP contribution in [0, 0.1) is 0 Å². The molecule has 4 nitrogen and oxygen atoms in total. The first-order chi connectivity index (χ1) is 14.5. The maximum absolute atomic E-state index is 4.81. The second kappa shape index (κ2) is 12.7. The van der Waals surface area contributed by atoms with Crippen molar-refractivity contribution in [2.75, 3.05) is 28.2 Å². The molecule has 7 heteroatoms. The summed E-state index contributed by atoms with van der Waals surface area (Å²) >= 11 is 0. The minimum absolute atomic E-state index is 0. The predicted molar refractivity (Wildman–Crippen MR) is 131 cm³/mol. The number of benzene rings is 4. The summed E-state index contributed by atoms with van der Waals surface area (Å²) in [5.74, 6) is 0. The number of rotatable bonds is 5. The second-order valence-electron chi connectivity index (χ2n) is 7.78. The number of hydrogen-bond acceptors (Lipinski definition) is 2. The van der Waals surface area contributed by atoms with Crippen LogP contribution in [0.3, 0.4) is 0 Å². The van der Waals surface area contributed by atoms with E-state index in [4.69, 9.17) is 9.98 Å². The monoisotopic (exact) mass is 570 g/mol. The molecule has 4 aromatic rings. The van der Waals surface area contributed by atoms with Gasteiger partial charge in [0.1, 0.15) is 0 Å². The van der Waals surface area contributed by atoms with Crippen molar-refractivity contribution in [2.45, 2.75) is 0 Å². The van der Waals surface area contributed by atoms with Crippen LogP contribution >= 0.6 is 0 Å². The van der Waals surface area contributed by atoms with E-state index in [1.807, 2.05) is 50.7 Å². The number of halogens is 2. The minimum Gasteiger partial charge on any atom is -1.00 e. The predicted octanol–water partition coefficient (Wildman–Crippen LogP) is 0.108. The fraction of sp³-hybridized carbons (Fsp3) is 0.154. The molecule has 0 saturated carbocycles. The van der Waals surface area contributed by atoms with E-state index in [-0.39, 0.29) is 45.2 Å². The topological polar surface area (TPSA) is 31.2 Å². The van der Waals surface area contributed by atoms with Gasteiger partial charge in [0.15, 0.2) is 0 Å². The molecule has 0 amide bonds. The fourth-order valence-electron chi connectivity index (χ4n) is 3.62. The number of aliphatic imine (C=N–C) groups is 2. The third-order valence-corrected chi connectivity index (χ3v) is 4.92. The molecule has 0 fully saturated rings. The van der Waals surface area contributed by atoms with E-state index in [0.717, 1.165) is 22.5 Å². The Morgan fingerprint density at radius 2 is 0.909 bits per heavy atom. The van der Waals surface area contributed by atoms with Crippen LogP contribution < -0.4 is 24.8 Å². The standard InChI is InChI=1S/C26H26N4.2ClH.Pd/c1-29(2)17-27-23-15-13-19-9-5-7-11-21(19)25(23)26-22-12-8-6-10-20(22)14-16-24(26)28-18-30(3)4;;;/h5-18H,1-4H3;2*1H;/q;;;+2/p-2. The maximum Gasteiger partial charge on any atom is 2.00 e. The molecule has 0 radical (unpaired) electrons. The van der Waals surface area contributed by atoms with Crippen molar-refractivity contribution >= 4 is 45.6 Å². The molecule has 0 aliphatic heterocycles. The van der Waals surface area contributed by atoms with Gasteiger partial charge in [0.2, 0.25) is 0 Å². The van der Waals surface area contributed by atoms with Gasteiger partial charge in [-0.2, -0.15) is 0 Å². The molecule has 4 aromatic carbocycles. The van der Waals surface area contributed by atoms with Crippen LogP contribution in [-0.4, -0.2) is 50.7 Å². The zero-order chi connectivity index (χ0) is 21.1. The van der Waals surface area contributed by atoms with Gasteiger partial charge in [-0.15, -0.1) is 0 Å². The third kappa shape index (κ3) is 6.34. The molecule has 0 N–H and O–H groups in total. The van der Waals surface area contributed by atoms with Gasteiger partial charge < -0.3 is 34.6 Å². The summed E-state index contributed by atoms with van der Waals surface area (Å²) in [6.07, 6.45) is 3.70. The van der Waals surface area contributed by atoms with E-state index >= 15 is 0 Å². The van der Waals surface area contributed by atoms with Gasteiger partial charge in [0.05, 0.1) is 24.1 Å². The Hall–Kier alpha value is -2.42. The van der Waals surface area contributed by atoms with Crippen LogP contribution in [0.1, 0.15) is 0 Å². The van der Waals surface area contributed by atoms with Crippen molar-refractivity contribution in [1.29, 1.82) is 0 Å². The number of hydrogen-bond donors (Lipinski definition) is 0. The summed E-state index contributed by atoms with van der Waals surface area (Å²) in [5.41, 5.74) is 4.07. The number of fused-ring (bicyclic) bond motifs is 2. The van der Waals surface area contributed by atoms with E-state index in [1.165, 1.54) is 21.5 Å². The largest absolute Gasteiger partial charge is 2.00 e. The van der Waals surface area contributed by atoms with Crippen LogP contribution in [0.15, 0.2) is 82.8 Å². The van der Waals surface area contributed by atoms with Gasteiger partial charge in [-0.25, -0.2) is 9.98 Å². The molecule has 0 aliphatic carbocycles. The molecule has 174 valence electrons. The molecule has 0 bridgehead atoms. The molecular formula is C26H26Cl2N4Pd. The van der Waals surface area contributed by atoms with Crippen LogP contribution in [0.25, 0.3) is 32.7 Å². The Labute approximate surface area is 221 Å². The molecule has 0 saturated heterocycles. The zero-order valence-electron chi connectivity index (χ0n) is 18.9. The second-order valence-corrected chi connectivity index (χ2v) is 7.78. The maximum atomic E-state index is 4.81. The van der Waals surface area contributed by atoms with Crippen molar-refractivity contribution in [2.24, 2.45) is 9.98 Å². The van der Waals surface area contributed by atoms with Crippen molar-refractivity contribution < 1.29 is 45.2 Å². The van der Waals surface area contributed by atoms with E-state index in [0.29, 0.717) is 0 Å². The average Bonchev–Trinajstić information content (AvgIpc) is 2.75. The summed E-state index contributed by atoms with van der Waals surface area (Å²) < 4.78 is 0. The summed E-state index contributed by atoms with van der Waals surface area (Å²) in [6.45, 7) is 0. The first-order valence-corrected chi connectivity index (χ1v) is 9.99. The Bertz CT molecular complexity index is 1170. The Balaban J connectivity index is 0.00000181.